The largest absolute Gasteiger partial charge is 0.463 e. The van der Waals surface area contributed by atoms with Crippen LogP contribution < -0.4 is 4.31 Å². The standard InChI is InChI=1S/C25H25ClFNO7S/c1-3-34-25(31)19-11-7-8-12-22(19)36(32,33)28(21-14-13-18(27)15-20(21)26)24(30)23(35-16(2)29)17-9-5-4-6-10-17/h4-6,9-11,13-15,22-23H,3,7-8,12H2,1-2H3/t22?,23-/m0/s1. The quantitative estimate of drug-likeness (QED) is 0.457. The van der Waals surface area contributed by atoms with Gasteiger partial charge in [-0.15, -0.1) is 0 Å². The summed E-state index contributed by atoms with van der Waals surface area (Å²) in [7, 11) is -4.70. The minimum Gasteiger partial charge on any atom is -0.463 e. The van der Waals surface area contributed by atoms with Crippen molar-refractivity contribution in [2.45, 2.75) is 44.5 Å². The predicted octanol–water partition coefficient (Wildman–Crippen LogP) is 4.49. The van der Waals surface area contributed by atoms with Gasteiger partial charge in [0.15, 0.2) is 0 Å². The van der Waals surface area contributed by atoms with Crippen molar-refractivity contribution in [2.75, 3.05) is 10.9 Å². The minimum atomic E-state index is -4.70. The summed E-state index contributed by atoms with van der Waals surface area (Å²) in [6, 6.07) is 10.7. The number of halogens is 2. The first-order valence-electron chi connectivity index (χ1n) is 11.2. The van der Waals surface area contributed by atoms with Gasteiger partial charge < -0.3 is 9.47 Å². The van der Waals surface area contributed by atoms with Crippen molar-refractivity contribution in [2.24, 2.45) is 0 Å². The first-order valence-corrected chi connectivity index (χ1v) is 13.1. The summed E-state index contributed by atoms with van der Waals surface area (Å²) < 4.78 is 52.7. The van der Waals surface area contributed by atoms with Crippen molar-refractivity contribution in [3.63, 3.8) is 0 Å². The third-order valence-electron chi connectivity index (χ3n) is 5.45. The Balaban J connectivity index is 2.20. The zero-order valence-corrected chi connectivity index (χ0v) is 21.2. The molecule has 11 heteroatoms. The molecule has 1 amide bonds. The van der Waals surface area contributed by atoms with Gasteiger partial charge in [0, 0.05) is 12.5 Å². The number of carbonyl (C=O) groups excluding carboxylic acids is 3. The number of nitrogens with zero attached hydrogens (tertiary/aromatic N) is 1. The van der Waals surface area contributed by atoms with Crippen molar-refractivity contribution in [3.8, 4) is 0 Å². The Morgan fingerprint density at radius 3 is 2.47 bits per heavy atom. The van der Waals surface area contributed by atoms with E-state index >= 15 is 0 Å². The van der Waals surface area contributed by atoms with Crippen LogP contribution in [0.25, 0.3) is 0 Å². The van der Waals surface area contributed by atoms with Crippen molar-refractivity contribution in [1.29, 1.82) is 0 Å². The van der Waals surface area contributed by atoms with Gasteiger partial charge in [-0.2, -0.15) is 0 Å². The molecule has 0 aromatic heterocycles. The average Bonchev–Trinajstić information content (AvgIpc) is 2.84. The van der Waals surface area contributed by atoms with Gasteiger partial charge >= 0.3 is 11.9 Å². The molecule has 1 unspecified atom stereocenters. The first-order chi connectivity index (χ1) is 17.1. The van der Waals surface area contributed by atoms with E-state index in [1.165, 1.54) is 18.2 Å². The van der Waals surface area contributed by atoms with Crippen LogP contribution in [0.3, 0.4) is 0 Å². The zero-order chi connectivity index (χ0) is 26.5. The molecule has 0 saturated carbocycles. The molecule has 0 heterocycles. The van der Waals surface area contributed by atoms with E-state index in [9.17, 15) is 27.2 Å². The minimum absolute atomic E-state index is 0.0257. The molecule has 0 aliphatic heterocycles. The first kappa shape index (κ1) is 27.3. The van der Waals surface area contributed by atoms with Crippen LogP contribution in [0.15, 0.2) is 60.2 Å². The summed E-state index contributed by atoms with van der Waals surface area (Å²) in [4.78, 5) is 38.4. The molecule has 192 valence electrons. The Hall–Kier alpha value is -3.24. The molecule has 0 saturated heterocycles. The summed E-state index contributed by atoms with van der Waals surface area (Å²) in [5.41, 5.74) is -0.242. The van der Waals surface area contributed by atoms with Gasteiger partial charge in [0.05, 0.1) is 22.9 Å². The molecule has 1 aliphatic rings. The molecular formula is C25H25ClFNO7S. The van der Waals surface area contributed by atoms with E-state index in [0.29, 0.717) is 17.1 Å². The maximum absolute atomic E-state index is 14.1. The van der Waals surface area contributed by atoms with E-state index in [1.54, 1.807) is 25.1 Å². The molecule has 0 fully saturated rings. The summed E-state index contributed by atoms with van der Waals surface area (Å²) >= 11 is 6.21. The molecule has 0 spiro atoms. The summed E-state index contributed by atoms with van der Waals surface area (Å²) in [6.45, 7) is 2.69. The van der Waals surface area contributed by atoms with Crippen LogP contribution in [0, 0.1) is 5.82 Å². The Morgan fingerprint density at radius 1 is 1.17 bits per heavy atom. The van der Waals surface area contributed by atoms with Crippen molar-refractivity contribution in [1.82, 2.24) is 0 Å². The molecule has 2 atom stereocenters. The van der Waals surface area contributed by atoms with Crippen LogP contribution in [0.4, 0.5) is 10.1 Å². The number of rotatable bonds is 8. The number of sulfonamides is 1. The fourth-order valence-electron chi connectivity index (χ4n) is 3.90. The monoisotopic (exact) mass is 537 g/mol. The lowest BCUT2D eigenvalue weighted by atomic mass is 9.99. The average molecular weight is 538 g/mol. The number of ether oxygens (including phenoxy) is 2. The summed E-state index contributed by atoms with van der Waals surface area (Å²) in [5.74, 6) is -3.55. The number of anilines is 1. The lowest BCUT2D eigenvalue weighted by Gasteiger charge is -2.32. The number of hydrogen-bond acceptors (Lipinski definition) is 7. The van der Waals surface area contributed by atoms with Crippen LogP contribution in [-0.4, -0.2) is 38.1 Å². The normalized spacial score (nSPS) is 16.4. The number of benzene rings is 2. The van der Waals surface area contributed by atoms with Crippen molar-refractivity contribution in [3.05, 3.63) is 76.6 Å². The number of hydrogen-bond donors (Lipinski definition) is 0. The number of amides is 1. The highest BCUT2D eigenvalue weighted by Gasteiger charge is 2.45. The van der Waals surface area contributed by atoms with Gasteiger partial charge in [-0.25, -0.2) is 21.9 Å². The second-order valence-corrected chi connectivity index (χ2v) is 10.3. The zero-order valence-electron chi connectivity index (χ0n) is 19.6. The van der Waals surface area contributed by atoms with Gasteiger partial charge in [-0.05, 0) is 44.4 Å². The van der Waals surface area contributed by atoms with Crippen molar-refractivity contribution >= 4 is 45.2 Å². The molecule has 1 aliphatic carbocycles. The third-order valence-corrected chi connectivity index (χ3v) is 7.84. The number of esters is 2. The molecule has 2 aromatic carbocycles. The lowest BCUT2D eigenvalue weighted by Crippen LogP contribution is -2.48. The van der Waals surface area contributed by atoms with Crippen LogP contribution in [0.1, 0.15) is 44.8 Å². The Labute approximate surface area is 213 Å². The third kappa shape index (κ3) is 5.93. The van der Waals surface area contributed by atoms with E-state index < -0.39 is 45.0 Å². The fraction of sp³-hybridized carbons (Fsp3) is 0.320. The van der Waals surface area contributed by atoms with Crippen LogP contribution in [-0.2, 0) is 33.9 Å². The lowest BCUT2D eigenvalue weighted by molar-refractivity contribution is -0.153. The predicted molar refractivity (Wildman–Crippen MR) is 131 cm³/mol. The smallest absolute Gasteiger partial charge is 0.335 e. The van der Waals surface area contributed by atoms with Crippen LogP contribution >= 0.6 is 11.6 Å². The summed E-state index contributed by atoms with van der Waals surface area (Å²) in [5, 5.41) is -1.80. The van der Waals surface area contributed by atoms with Crippen LogP contribution in [0.2, 0.25) is 5.02 Å². The number of allylic oxidation sites excluding steroid dienone is 1. The summed E-state index contributed by atoms with van der Waals surface area (Å²) in [6.07, 6.45) is 0.723. The SMILES string of the molecule is CCOC(=O)C1=CCCCC1S(=O)(=O)N(C(=O)[C@@H](OC(C)=O)c1ccccc1)c1ccc(F)cc1Cl. The van der Waals surface area contributed by atoms with E-state index in [2.05, 4.69) is 0 Å². The molecule has 3 rings (SSSR count). The van der Waals surface area contributed by atoms with Crippen molar-refractivity contribution < 1.29 is 36.7 Å². The maximum atomic E-state index is 14.1. The molecule has 0 bridgehead atoms. The number of carbonyl (C=O) groups is 3. The molecule has 0 radical (unpaired) electrons. The molecule has 0 N–H and O–H groups in total. The second-order valence-electron chi connectivity index (χ2n) is 7.94. The Kier molecular flexibility index (Phi) is 8.86. The Bertz CT molecular complexity index is 1280. The Morgan fingerprint density at radius 2 is 1.86 bits per heavy atom. The van der Waals surface area contributed by atoms with E-state index in [0.717, 1.165) is 25.1 Å². The van der Waals surface area contributed by atoms with E-state index in [-0.39, 0.29) is 34.9 Å². The van der Waals surface area contributed by atoms with Gasteiger partial charge in [0.25, 0.3) is 5.91 Å². The molecule has 2 aromatic rings. The fourth-order valence-corrected chi connectivity index (χ4v) is 6.22. The van der Waals surface area contributed by atoms with Gasteiger partial charge in [-0.3, -0.25) is 9.59 Å². The highest BCUT2D eigenvalue weighted by atomic mass is 35.5. The van der Waals surface area contributed by atoms with E-state index in [1.807, 2.05) is 0 Å². The van der Waals surface area contributed by atoms with Gasteiger partial charge in [0.1, 0.15) is 11.1 Å². The maximum Gasteiger partial charge on any atom is 0.335 e. The highest BCUT2D eigenvalue weighted by molar-refractivity contribution is 7.94. The molecule has 36 heavy (non-hydrogen) atoms. The van der Waals surface area contributed by atoms with Gasteiger partial charge in [0.2, 0.25) is 16.1 Å². The van der Waals surface area contributed by atoms with Crippen LogP contribution in [0.5, 0.6) is 0 Å². The molecule has 8 nitrogen and oxygen atoms in total. The highest BCUT2D eigenvalue weighted by Crippen LogP contribution is 2.37. The molecular weight excluding hydrogens is 513 g/mol. The van der Waals surface area contributed by atoms with Gasteiger partial charge in [-0.1, -0.05) is 48.0 Å². The second kappa shape index (κ2) is 11.7. The van der Waals surface area contributed by atoms with E-state index in [4.69, 9.17) is 21.1 Å². The topological polar surface area (TPSA) is 107 Å².